The second kappa shape index (κ2) is 9.66. The molecule has 0 radical (unpaired) electrons. The van der Waals surface area contributed by atoms with E-state index in [0.29, 0.717) is 11.3 Å². The third-order valence-electron chi connectivity index (χ3n) is 5.52. The number of hydrogen-bond donors (Lipinski definition) is 5. The lowest BCUT2D eigenvalue weighted by atomic mass is 9.97. The third kappa shape index (κ3) is 5.54. The standard InChI is InChI=1S/C23H22F3N5O4/c24-23(25,26)16-3-1-2-4-17(16)28-15-7-5-14(6-8-15)12-27-21(34)22(9-10-35-13-22)29-20(33)18-11-19(32)31-30-18/h1-8,11,28H,9-10,12-13H2,(H,27,34)(H,29,33)(H2,30,31,32)/t22-/m0/s1. The van der Waals surface area contributed by atoms with Crippen LogP contribution in [-0.2, 0) is 22.3 Å². The zero-order valence-corrected chi connectivity index (χ0v) is 18.3. The number of aromatic hydroxyl groups is 1. The van der Waals surface area contributed by atoms with Gasteiger partial charge in [0.2, 0.25) is 11.8 Å². The number of H-pyrrole nitrogens is 1. The molecule has 1 aliphatic heterocycles. The Morgan fingerprint density at radius 1 is 1.14 bits per heavy atom. The summed E-state index contributed by atoms with van der Waals surface area (Å²) < 4.78 is 44.9. The van der Waals surface area contributed by atoms with Crippen molar-refractivity contribution in [1.29, 1.82) is 0 Å². The molecule has 0 bridgehead atoms. The van der Waals surface area contributed by atoms with E-state index in [4.69, 9.17) is 4.74 Å². The van der Waals surface area contributed by atoms with E-state index in [2.05, 4.69) is 26.1 Å². The zero-order valence-electron chi connectivity index (χ0n) is 18.3. The van der Waals surface area contributed by atoms with Crippen molar-refractivity contribution >= 4 is 23.2 Å². The number of benzene rings is 2. The minimum atomic E-state index is -4.49. The van der Waals surface area contributed by atoms with Crippen LogP contribution in [0.5, 0.6) is 5.88 Å². The Balaban J connectivity index is 1.38. The molecule has 0 spiro atoms. The van der Waals surface area contributed by atoms with Crippen LogP contribution in [0.1, 0.15) is 28.0 Å². The molecule has 35 heavy (non-hydrogen) atoms. The predicted molar refractivity (Wildman–Crippen MR) is 119 cm³/mol. The molecule has 2 heterocycles. The van der Waals surface area contributed by atoms with Gasteiger partial charge in [0.25, 0.3) is 5.91 Å². The molecular weight excluding hydrogens is 467 g/mol. The highest BCUT2D eigenvalue weighted by Gasteiger charge is 2.44. The summed E-state index contributed by atoms with van der Waals surface area (Å²) >= 11 is 0. The highest BCUT2D eigenvalue weighted by atomic mass is 19.4. The lowest BCUT2D eigenvalue weighted by molar-refractivity contribution is -0.137. The number of carbonyl (C=O) groups is 2. The molecule has 2 amide bonds. The molecule has 5 N–H and O–H groups in total. The molecule has 1 atom stereocenters. The fourth-order valence-electron chi connectivity index (χ4n) is 3.66. The van der Waals surface area contributed by atoms with Crippen LogP contribution >= 0.6 is 0 Å². The van der Waals surface area contributed by atoms with Gasteiger partial charge >= 0.3 is 6.18 Å². The van der Waals surface area contributed by atoms with Crippen LogP contribution in [0.15, 0.2) is 54.6 Å². The van der Waals surface area contributed by atoms with Crippen LogP contribution in [-0.4, -0.2) is 45.9 Å². The Morgan fingerprint density at radius 3 is 2.51 bits per heavy atom. The van der Waals surface area contributed by atoms with Gasteiger partial charge in [0, 0.05) is 31.3 Å². The highest BCUT2D eigenvalue weighted by molar-refractivity contribution is 5.98. The predicted octanol–water partition coefficient (Wildman–Crippen LogP) is 3.08. The number of rotatable bonds is 7. The molecule has 1 aliphatic rings. The number of anilines is 2. The molecular formula is C23H22F3N5O4. The lowest BCUT2D eigenvalue weighted by Crippen LogP contribution is -2.59. The van der Waals surface area contributed by atoms with Crippen molar-refractivity contribution in [1.82, 2.24) is 20.8 Å². The van der Waals surface area contributed by atoms with Crippen molar-refractivity contribution in [2.24, 2.45) is 0 Å². The number of aromatic nitrogens is 2. The van der Waals surface area contributed by atoms with Crippen LogP contribution in [0.25, 0.3) is 0 Å². The zero-order chi connectivity index (χ0) is 25.1. The Hall–Kier alpha value is -4.06. The molecule has 184 valence electrons. The van der Waals surface area contributed by atoms with E-state index in [-0.39, 0.29) is 43.4 Å². The second-order valence-electron chi connectivity index (χ2n) is 8.03. The first-order valence-corrected chi connectivity index (χ1v) is 10.6. The van der Waals surface area contributed by atoms with E-state index in [1.165, 1.54) is 18.2 Å². The monoisotopic (exact) mass is 489 g/mol. The summed E-state index contributed by atoms with van der Waals surface area (Å²) in [6.45, 7) is 0.376. The van der Waals surface area contributed by atoms with E-state index in [9.17, 15) is 27.9 Å². The smallest absolute Gasteiger partial charge is 0.418 e. The van der Waals surface area contributed by atoms with E-state index < -0.39 is 29.1 Å². The number of ether oxygens (including phenoxy) is 1. The molecule has 2 aromatic carbocycles. The summed E-state index contributed by atoms with van der Waals surface area (Å²) in [6.07, 6.45) is -4.23. The first kappa shape index (κ1) is 24.1. The summed E-state index contributed by atoms with van der Waals surface area (Å²) in [7, 11) is 0. The molecule has 9 nitrogen and oxygen atoms in total. The quantitative estimate of drug-likeness (QED) is 0.347. The van der Waals surface area contributed by atoms with Gasteiger partial charge in [-0.1, -0.05) is 24.3 Å². The minimum absolute atomic E-state index is 0.0253. The van der Waals surface area contributed by atoms with E-state index in [1.807, 2.05) is 0 Å². The Labute approximate surface area is 197 Å². The number of nitrogens with one attached hydrogen (secondary N) is 4. The van der Waals surface area contributed by atoms with Crippen molar-refractivity contribution in [3.8, 4) is 5.88 Å². The Kier molecular flexibility index (Phi) is 6.65. The van der Waals surface area contributed by atoms with Gasteiger partial charge < -0.3 is 25.8 Å². The fourth-order valence-corrected chi connectivity index (χ4v) is 3.66. The Bertz CT molecular complexity index is 1200. The molecule has 4 rings (SSSR count). The summed E-state index contributed by atoms with van der Waals surface area (Å²) in [5.41, 5.74) is -1.05. The van der Waals surface area contributed by atoms with Crippen molar-refractivity contribution in [3.63, 3.8) is 0 Å². The maximum absolute atomic E-state index is 13.2. The number of hydrogen-bond acceptors (Lipinski definition) is 6. The van der Waals surface area contributed by atoms with Crippen LogP contribution in [0.2, 0.25) is 0 Å². The van der Waals surface area contributed by atoms with Gasteiger partial charge in [-0.25, -0.2) is 5.10 Å². The number of alkyl halides is 3. The van der Waals surface area contributed by atoms with Gasteiger partial charge in [-0.2, -0.15) is 18.3 Å². The van der Waals surface area contributed by atoms with Crippen LogP contribution in [0, 0.1) is 0 Å². The lowest BCUT2D eigenvalue weighted by Gasteiger charge is -2.27. The van der Waals surface area contributed by atoms with E-state index >= 15 is 0 Å². The number of para-hydroxylation sites is 1. The van der Waals surface area contributed by atoms with Gasteiger partial charge in [-0.05, 0) is 29.8 Å². The molecule has 1 saturated heterocycles. The third-order valence-corrected chi connectivity index (χ3v) is 5.52. The van der Waals surface area contributed by atoms with Gasteiger partial charge in [-0.15, -0.1) is 0 Å². The SMILES string of the molecule is O=C(N[C@@]1(C(=O)NCc2ccc(Nc3ccccc3C(F)(F)F)cc2)CCOC1)c1cc(O)[nH]n1. The van der Waals surface area contributed by atoms with Gasteiger partial charge in [0.1, 0.15) is 5.54 Å². The maximum Gasteiger partial charge on any atom is 0.418 e. The van der Waals surface area contributed by atoms with Gasteiger partial charge in [0.05, 0.1) is 17.9 Å². The summed E-state index contributed by atoms with van der Waals surface area (Å²) in [5.74, 6) is -1.38. The largest absolute Gasteiger partial charge is 0.494 e. The number of amides is 2. The first-order chi connectivity index (χ1) is 16.7. The molecule has 0 aliphatic carbocycles. The van der Waals surface area contributed by atoms with Gasteiger partial charge in [-0.3, -0.25) is 9.59 Å². The van der Waals surface area contributed by atoms with Crippen molar-refractivity contribution in [3.05, 3.63) is 71.4 Å². The number of aromatic amines is 1. The van der Waals surface area contributed by atoms with Crippen molar-refractivity contribution in [2.45, 2.75) is 24.7 Å². The second-order valence-corrected chi connectivity index (χ2v) is 8.03. The fraction of sp³-hybridized carbons (Fsp3) is 0.261. The van der Waals surface area contributed by atoms with E-state index in [1.54, 1.807) is 24.3 Å². The first-order valence-electron chi connectivity index (χ1n) is 10.6. The molecule has 3 aromatic rings. The van der Waals surface area contributed by atoms with E-state index in [0.717, 1.165) is 12.1 Å². The van der Waals surface area contributed by atoms with Crippen LogP contribution in [0.4, 0.5) is 24.5 Å². The molecule has 12 heteroatoms. The average Bonchev–Trinajstić information content (AvgIpc) is 3.48. The Morgan fingerprint density at radius 2 is 1.89 bits per heavy atom. The molecule has 0 saturated carbocycles. The van der Waals surface area contributed by atoms with Gasteiger partial charge in [0.15, 0.2) is 5.69 Å². The molecule has 1 aromatic heterocycles. The van der Waals surface area contributed by atoms with Crippen LogP contribution < -0.4 is 16.0 Å². The molecule has 0 unspecified atom stereocenters. The summed E-state index contributed by atoms with van der Waals surface area (Å²) in [6, 6.07) is 12.9. The average molecular weight is 489 g/mol. The normalized spacial score (nSPS) is 17.7. The number of halogens is 3. The highest BCUT2D eigenvalue weighted by Crippen LogP contribution is 2.35. The van der Waals surface area contributed by atoms with Crippen LogP contribution in [0.3, 0.4) is 0 Å². The summed E-state index contributed by atoms with van der Waals surface area (Å²) in [4.78, 5) is 25.4. The topological polar surface area (TPSA) is 128 Å². The number of nitrogens with zero attached hydrogens (tertiary/aromatic N) is 1. The molecule has 1 fully saturated rings. The van der Waals surface area contributed by atoms with Crippen molar-refractivity contribution < 1.29 is 32.6 Å². The summed E-state index contributed by atoms with van der Waals surface area (Å²) in [5, 5.41) is 23.4. The number of carbonyl (C=O) groups excluding carboxylic acids is 2. The van der Waals surface area contributed by atoms with Crippen molar-refractivity contribution in [2.75, 3.05) is 18.5 Å². The minimum Gasteiger partial charge on any atom is -0.494 e. The maximum atomic E-state index is 13.2.